The SMILES string of the molecule is O=C(Nc1ccc2oc(-c3cccnc3)nc2c1)c1ncoc1-c1cccs1. The average molecular weight is 388 g/mol. The maximum absolute atomic E-state index is 12.7. The molecule has 0 fully saturated rings. The van der Waals surface area contributed by atoms with Crippen LogP contribution in [-0.2, 0) is 0 Å². The van der Waals surface area contributed by atoms with Crippen molar-refractivity contribution < 1.29 is 13.6 Å². The van der Waals surface area contributed by atoms with Gasteiger partial charge in [-0.15, -0.1) is 11.3 Å². The van der Waals surface area contributed by atoms with Crippen LogP contribution in [-0.4, -0.2) is 20.9 Å². The molecule has 0 radical (unpaired) electrons. The van der Waals surface area contributed by atoms with Crippen LogP contribution in [0.5, 0.6) is 0 Å². The summed E-state index contributed by atoms with van der Waals surface area (Å²) in [7, 11) is 0. The third-order valence-electron chi connectivity index (χ3n) is 4.08. The van der Waals surface area contributed by atoms with Gasteiger partial charge >= 0.3 is 0 Å². The van der Waals surface area contributed by atoms with Gasteiger partial charge in [-0.3, -0.25) is 9.78 Å². The Balaban J connectivity index is 1.43. The Morgan fingerprint density at radius 3 is 2.93 bits per heavy atom. The summed E-state index contributed by atoms with van der Waals surface area (Å²) in [6.07, 6.45) is 4.64. The van der Waals surface area contributed by atoms with Crippen molar-refractivity contribution in [2.75, 3.05) is 5.32 Å². The highest BCUT2D eigenvalue weighted by atomic mass is 32.1. The topological polar surface area (TPSA) is 94.1 Å². The van der Waals surface area contributed by atoms with Crippen molar-refractivity contribution in [2.45, 2.75) is 0 Å². The van der Waals surface area contributed by atoms with E-state index >= 15 is 0 Å². The molecule has 0 unspecified atom stereocenters. The molecule has 7 nitrogen and oxygen atoms in total. The largest absolute Gasteiger partial charge is 0.442 e. The molecular formula is C20H12N4O3S. The summed E-state index contributed by atoms with van der Waals surface area (Å²) in [5.74, 6) is 0.574. The molecule has 0 atom stereocenters. The summed E-state index contributed by atoms with van der Waals surface area (Å²) in [4.78, 5) is 26.1. The van der Waals surface area contributed by atoms with Crippen LogP contribution in [0.3, 0.4) is 0 Å². The lowest BCUT2D eigenvalue weighted by Gasteiger charge is -2.03. The first kappa shape index (κ1) is 16.4. The van der Waals surface area contributed by atoms with Crippen molar-refractivity contribution >= 4 is 34.0 Å². The monoisotopic (exact) mass is 388 g/mol. The molecule has 136 valence electrons. The predicted molar refractivity (Wildman–Crippen MR) is 105 cm³/mol. The fourth-order valence-electron chi connectivity index (χ4n) is 2.80. The highest BCUT2D eigenvalue weighted by Crippen LogP contribution is 2.29. The number of carbonyl (C=O) groups is 1. The molecule has 1 aromatic carbocycles. The zero-order valence-corrected chi connectivity index (χ0v) is 15.1. The third kappa shape index (κ3) is 2.95. The summed E-state index contributed by atoms with van der Waals surface area (Å²) in [5, 5.41) is 4.75. The minimum atomic E-state index is -0.354. The number of hydrogen-bond donors (Lipinski definition) is 1. The van der Waals surface area contributed by atoms with Crippen LogP contribution in [0, 0.1) is 0 Å². The lowest BCUT2D eigenvalue weighted by atomic mass is 10.2. The smallest absolute Gasteiger partial charge is 0.278 e. The molecule has 5 rings (SSSR count). The number of aromatic nitrogens is 3. The molecule has 5 aromatic rings. The zero-order chi connectivity index (χ0) is 18.9. The van der Waals surface area contributed by atoms with E-state index in [0.29, 0.717) is 28.4 Å². The van der Waals surface area contributed by atoms with Crippen molar-refractivity contribution in [1.82, 2.24) is 15.0 Å². The normalized spacial score (nSPS) is 11.0. The highest BCUT2D eigenvalue weighted by Gasteiger charge is 2.19. The molecule has 0 aliphatic carbocycles. The lowest BCUT2D eigenvalue weighted by Crippen LogP contribution is -2.13. The van der Waals surface area contributed by atoms with Gasteiger partial charge in [0, 0.05) is 18.1 Å². The number of hydrogen-bond acceptors (Lipinski definition) is 7. The molecule has 0 aliphatic rings. The maximum Gasteiger partial charge on any atom is 0.278 e. The third-order valence-corrected chi connectivity index (χ3v) is 4.95. The van der Waals surface area contributed by atoms with Crippen molar-refractivity contribution in [3.63, 3.8) is 0 Å². The highest BCUT2D eigenvalue weighted by molar-refractivity contribution is 7.13. The van der Waals surface area contributed by atoms with Gasteiger partial charge in [0.2, 0.25) is 5.89 Å². The molecule has 4 heterocycles. The number of benzene rings is 1. The zero-order valence-electron chi connectivity index (χ0n) is 14.3. The second-order valence-electron chi connectivity index (χ2n) is 5.90. The number of thiophene rings is 1. The number of amides is 1. The quantitative estimate of drug-likeness (QED) is 0.472. The Kier molecular flexibility index (Phi) is 3.95. The number of anilines is 1. The summed E-state index contributed by atoms with van der Waals surface area (Å²) in [5.41, 5.74) is 2.86. The van der Waals surface area contributed by atoms with Gasteiger partial charge in [-0.25, -0.2) is 9.97 Å². The van der Waals surface area contributed by atoms with Gasteiger partial charge in [0.1, 0.15) is 5.52 Å². The Morgan fingerprint density at radius 1 is 1.14 bits per heavy atom. The number of oxazole rings is 2. The summed E-state index contributed by atoms with van der Waals surface area (Å²) >= 11 is 1.48. The standard InChI is InChI=1S/C20H12N4O3S/c25-19(17-18(26-11-22-17)16-4-2-8-28-16)23-13-5-6-15-14(9-13)24-20(27-15)12-3-1-7-21-10-12/h1-11H,(H,23,25). The summed E-state index contributed by atoms with van der Waals surface area (Å²) in [6, 6.07) is 12.7. The minimum Gasteiger partial charge on any atom is -0.442 e. The fourth-order valence-corrected chi connectivity index (χ4v) is 3.51. The van der Waals surface area contributed by atoms with Gasteiger partial charge in [0.05, 0.1) is 10.4 Å². The molecule has 0 bridgehead atoms. The molecule has 28 heavy (non-hydrogen) atoms. The molecule has 0 aliphatic heterocycles. The Morgan fingerprint density at radius 2 is 2.11 bits per heavy atom. The van der Waals surface area contributed by atoms with E-state index in [0.717, 1.165) is 10.4 Å². The van der Waals surface area contributed by atoms with Crippen molar-refractivity contribution in [1.29, 1.82) is 0 Å². The van der Waals surface area contributed by atoms with E-state index in [-0.39, 0.29) is 11.6 Å². The maximum atomic E-state index is 12.7. The second kappa shape index (κ2) is 6.75. The lowest BCUT2D eigenvalue weighted by molar-refractivity contribution is 0.102. The van der Waals surface area contributed by atoms with Crippen LogP contribution >= 0.6 is 11.3 Å². The first-order valence-electron chi connectivity index (χ1n) is 8.37. The molecule has 0 saturated heterocycles. The fraction of sp³-hybridized carbons (Fsp3) is 0. The van der Waals surface area contributed by atoms with Crippen molar-refractivity contribution in [3.8, 4) is 22.1 Å². The van der Waals surface area contributed by atoms with Gasteiger partial charge in [0.25, 0.3) is 5.91 Å². The minimum absolute atomic E-state index is 0.235. The second-order valence-corrected chi connectivity index (χ2v) is 6.85. The van der Waals surface area contributed by atoms with E-state index in [1.165, 1.54) is 17.7 Å². The summed E-state index contributed by atoms with van der Waals surface area (Å²) in [6.45, 7) is 0. The average Bonchev–Trinajstić information content (AvgIpc) is 3.47. The van der Waals surface area contributed by atoms with Crippen LogP contribution in [0.1, 0.15) is 10.5 Å². The number of pyridine rings is 1. The Labute approximate surface area is 162 Å². The first-order valence-corrected chi connectivity index (χ1v) is 9.25. The molecule has 8 heteroatoms. The van der Waals surface area contributed by atoms with Gasteiger partial charge in [-0.2, -0.15) is 0 Å². The Bertz CT molecular complexity index is 1260. The molecule has 1 N–H and O–H groups in total. The van der Waals surface area contributed by atoms with Crippen LogP contribution < -0.4 is 5.32 Å². The molecule has 0 spiro atoms. The number of nitrogens with zero attached hydrogens (tertiary/aromatic N) is 3. The first-order chi connectivity index (χ1) is 13.8. The van der Waals surface area contributed by atoms with Gasteiger partial charge in [-0.1, -0.05) is 6.07 Å². The Hall–Kier alpha value is -3.78. The van der Waals surface area contributed by atoms with E-state index in [1.54, 1.807) is 30.6 Å². The number of fused-ring (bicyclic) bond motifs is 1. The van der Waals surface area contributed by atoms with E-state index < -0.39 is 0 Å². The molecule has 4 aromatic heterocycles. The number of rotatable bonds is 4. The van der Waals surface area contributed by atoms with Crippen LogP contribution in [0.15, 0.2) is 75.5 Å². The van der Waals surface area contributed by atoms with Crippen LogP contribution in [0.25, 0.3) is 33.2 Å². The van der Waals surface area contributed by atoms with Gasteiger partial charge < -0.3 is 14.2 Å². The summed E-state index contributed by atoms with van der Waals surface area (Å²) < 4.78 is 11.2. The van der Waals surface area contributed by atoms with Gasteiger partial charge in [-0.05, 0) is 41.8 Å². The molecule has 1 amide bonds. The van der Waals surface area contributed by atoms with Crippen molar-refractivity contribution in [3.05, 3.63) is 72.3 Å². The van der Waals surface area contributed by atoms with E-state index in [9.17, 15) is 4.79 Å². The van der Waals surface area contributed by atoms with Crippen molar-refractivity contribution in [2.24, 2.45) is 0 Å². The number of carbonyl (C=O) groups excluding carboxylic acids is 1. The van der Waals surface area contributed by atoms with E-state index in [4.69, 9.17) is 8.83 Å². The van der Waals surface area contributed by atoms with Crippen LogP contribution in [0.4, 0.5) is 5.69 Å². The van der Waals surface area contributed by atoms with Gasteiger partial charge in [0.15, 0.2) is 23.4 Å². The predicted octanol–water partition coefficient (Wildman–Crippen LogP) is 4.86. The number of nitrogens with one attached hydrogen (secondary N) is 1. The molecular weight excluding hydrogens is 376 g/mol. The van der Waals surface area contributed by atoms with E-state index in [1.807, 2.05) is 29.6 Å². The van der Waals surface area contributed by atoms with Crippen LogP contribution in [0.2, 0.25) is 0 Å². The van der Waals surface area contributed by atoms with E-state index in [2.05, 4.69) is 20.3 Å². The molecule has 0 saturated carbocycles.